The molecule has 3 heteroatoms. The van der Waals surface area contributed by atoms with E-state index in [-0.39, 0.29) is 10.8 Å². The molecule has 20 heavy (non-hydrogen) atoms. The summed E-state index contributed by atoms with van der Waals surface area (Å²) >= 11 is 0. The Bertz CT molecular complexity index is 558. The number of hydrogen-bond acceptors (Lipinski definition) is 2. The lowest BCUT2D eigenvalue weighted by Gasteiger charge is -2.32. The summed E-state index contributed by atoms with van der Waals surface area (Å²) in [6, 6.07) is 2.07. The lowest BCUT2D eigenvalue weighted by Crippen LogP contribution is -2.42. The molecule has 3 rings (SSSR count). The van der Waals surface area contributed by atoms with E-state index in [9.17, 15) is 4.79 Å². The Hall–Kier alpha value is -0.833. The molecule has 1 spiro atoms. The van der Waals surface area contributed by atoms with E-state index >= 15 is 0 Å². The van der Waals surface area contributed by atoms with Crippen molar-refractivity contribution < 1.29 is 9.21 Å². The van der Waals surface area contributed by atoms with Crippen LogP contribution in [0, 0.1) is 12.3 Å². The van der Waals surface area contributed by atoms with Gasteiger partial charge in [-0.05, 0) is 44.6 Å². The molecule has 2 aliphatic rings. The molecule has 0 amide bonds. The first-order valence-electron chi connectivity index (χ1n) is 7.85. The predicted molar refractivity (Wildman–Crippen MR) is 84.0 cm³/mol. The molecule has 2 aliphatic carbocycles. The van der Waals surface area contributed by atoms with Crippen molar-refractivity contribution >= 4 is 13.9 Å². The number of ketones is 1. The van der Waals surface area contributed by atoms with Gasteiger partial charge < -0.3 is 4.42 Å². The summed E-state index contributed by atoms with van der Waals surface area (Å²) in [5, 5.41) is 0.273. The SMILES string of the molecule is CC(=O)c1cc(C2([Si](C)(C)C)CC23CCCC3)oc1C. The van der Waals surface area contributed by atoms with E-state index in [2.05, 4.69) is 25.7 Å². The molecule has 0 N–H and O–H groups in total. The van der Waals surface area contributed by atoms with Gasteiger partial charge in [0.15, 0.2) is 5.78 Å². The Kier molecular flexibility index (Phi) is 2.89. The second kappa shape index (κ2) is 4.09. The summed E-state index contributed by atoms with van der Waals surface area (Å²) in [6.07, 6.45) is 6.73. The highest BCUT2D eigenvalue weighted by Crippen LogP contribution is 2.75. The lowest BCUT2D eigenvalue weighted by atomic mass is 10.00. The van der Waals surface area contributed by atoms with E-state index in [0.29, 0.717) is 5.41 Å². The van der Waals surface area contributed by atoms with E-state index in [1.807, 2.05) is 6.92 Å². The van der Waals surface area contributed by atoms with Crippen LogP contribution in [0.1, 0.15) is 60.9 Å². The van der Waals surface area contributed by atoms with Crippen molar-refractivity contribution in [3.63, 3.8) is 0 Å². The number of aryl methyl sites for hydroxylation is 1. The molecule has 110 valence electrons. The summed E-state index contributed by atoms with van der Waals surface area (Å²) in [6.45, 7) is 11.0. The molecular weight excluding hydrogens is 264 g/mol. The maximum Gasteiger partial charge on any atom is 0.163 e. The minimum Gasteiger partial charge on any atom is -0.465 e. The molecule has 1 atom stereocenters. The van der Waals surface area contributed by atoms with E-state index in [1.54, 1.807) is 6.92 Å². The molecule has 1 aromatic heterocycles. The number of carbonyl (C=O) groups excluding carboxylic acids is 1. The van der Waals surface area contributed by atoms with Crippen molar-refractivity contribution in [1.29, 1.82) is 0 Å². The van der Waals surface area contributed by atoms with Gasteiger partial charge in [0.25, 0.3) is 0 Å². The molecule has 0 aliphatic heterocycles. The largest absolute Gasteiger partial charge is 0.465 e. The zero-order valence-electron chi connectivity index (χ0n) is 13.4. The smallest absolute Gasteiger partial charge is 0.163 e. The first-order valence-corrected chi connectivity index (χ1v) is 11.4. The van der Waals surface area contributed by atoms with Crippen LogP contribution in [0.25, 0.3) is 0 Å². The lowest BCUT2D eigenvalue weighted by molar-refractivity contribution is 0.101. The van der Waals surface area contributed by atoms with Crippen molar-refractivity contribution in [3.05, 3.63) is 23.2 Å². The molecular formula is C17H26O2Si. The molecule has 1 unspecified atom stereocenters. The van der Waals surface area contributed by atoms with Gasteiger partial charge in [-0.2, -0.15) is 0 Å². The average molecular weight is 290 g/mol. The highest BCUT2D eigenvalue weighted by molar-refractivity contribution is 6.80. The van der Waals surface area contributed by atoms with Crippen LogP contribution in [-0.4, -0.2) is 13.9 Å². The van der Waals surface area contributed by atoms with Gasteiger partial charge in [-0.3, -0.25) is 4.79 Å². The second-order valence-electron chi connectivity index (χ2n) is 7.96. The number of Topliss-reactive ketones (excluding diaryl/α,β-unsaturated/α-hetero) is 1. The van der Waals surface area contributed by atoms with Crippen LogP contribution < -0.4 is 0 Å². The zero-order chi connectivity index (χ0) is 14.8. The minimum atomic E-state index is -1.40. The van der Waals surface area contributed by atoms with Gasteiger partial charge in [-0.25, -0.2) is 0 Å². The fourth-order valence-electron chi connectivity index (χ4n) is 4.94. The predicted octanol–water partition coefficient (Wildman–Crippen LogP) is 4.87. The van der Waals surface area contributed by atoms with E-state index in [1.165, 1.54) is 32.1 Å². The van der Waals surface area contributed by atoms with Crippen LogP contribution >= 0.6 is 0 Å². The third kappa shape index (κ3) is 1.65. The summed E-state index contributed by atoms with van der Waals surface area (Å²) < 4.78 is 6.13. The van der Waals surface area contributed by atoms with Crippen LogP contribution in [0.15, 0.2) is 10.5 Å². The Balaban J connectivity index is 2.09. The molecule has 1 heterocycles. The van der Waals surface area contributed by atoms with Crippen LogP contribution in [-0.2, 0) is 5.04 Å². The Morgan fingerprint density at radius 1 is 1.25 bits per heavy atom. The molecule has 1 aromatic rings. The molecule has 2 nitrogen and oxygen atoms in total. The van der Waals surface area contributed by atoms with E-state index in [4.69, 9.17) is 4.42 Å². The van der Waals surface area contributed by atoms with Crippen LogP contribution in [0.3, 0.4) is 0 Å². The third-order valence-corrected chi connectivity index (χ3v) is 9.46. The van der Waals surface area contributed by atoms with Crippen molar-refractivity contribution in [3.8, 4) is 0 Å². The highest BCUT2D eigenvalue weighted by Gasteiger charge is 2.74. The Morgan fingerprint density at radius 3 is 2.30 bits per heavy atom. The summed E-state index contributed by atoms with van der Waals surface area (Å²) in [5.74, 6) is 2.07. The van der Waals surface area contributed by atoms with E-state index < -0.39 is 8.07 Å². The number of rotatable bonds is 3. The number of furan rings is 1. The van der Waals surface area contributed by atoms with Gasteiger partial charge >= 0.3 is 0 Å². The summed E-state index contributed by atoms with van der Waals surface area (Å²) in [7, 11) is -1.40. The molecule has 2 fully saturated rings. The quantitative estimate of drug-likeness (QED) is 0.587. The highest BCUT2D eigenvalue weighted by atomic mass is 28.3. The minimum absolute atomic E-state index is 0.129. The Morgan fingerprint density at radius 2 is 1.85 bits per heavy atom. The van der Waals surface area contributed by atoms with Gasteiger partial charge in [0.1, 0.15) is 11.5 Å². The normalized spacial score (nSPS) is 28.1. The fraction of sp³-hybridized carbons (Fsp3) is 0.706. The van der Waals surface area contributed by atoms with Crippen LogP contribution in [0.2, 0.25) is 19.6 Å². The van der Waals surface area contributed by atoms with Crippen molar-refractivity contribution in [1.82, 2.24) is 0 Å². The zero-order valence-corrected chi connectivity index (χ0v) is 14.4. The second-order valence-corrected chi connectivity index (χ2v) is 13.3. The molecule has 0 saturated heterocycles. The Labute approximate surface area is 123 Å². The molecule has 2 saturated carbocycles. The molecule has 0 radical (unpaired) electrons. The standard InChI is InChI=1S/C17H26O2Si/c1-12(18)14-10-15(19-13(14)2)17(20(3,4)5)11-16(17)8-6-7-9-16/h10H,6-9,11H2,1-5H3. The van der Waals surface area contributed by atoms with Crippen molar-refractivity contribution in [2.24, 2.45) is 5.41 Å². The van der Waals surface area contributed by atoms with E-state index in [0.717, 1.165) is 17.1 Å². The maximum atomic E-state index is 11.7. The van der Waals surface area contributed by atoms with Gasteiger partial charge in [0, 0.05) is 5.04 Å². The summed E-state index contributed by atoms with van der Waals surface area (Å²) in [5.41, 5.74) is 1.29. The van der Waals surface area contributed by atoms with Gasteiger partial charge in [0.05, 0.1) is 13.6 Å². The molecule has 0 aromatic carbocycles. The summed E-state index contributed by atoms with van der Waals surface area (Å²) in [4.78, 5) is 11.7. The van der Waals surface area contributed by atoms with Crippen LogP contribution in [0.5, 0.6) is 0 Å². The maximum absolute atomic E-state index is 11.7. The van der Waals surface area contributed by atoms with Crippen molar-refractivity contribution in [2.75, 3.05) is 0 Å². The van der Waals surface area contributed by atoms with Crippen LogP contribution in [0.4, 0.5) is 0 Å². The van der Waals surface area contributed by atoms with Crippen molar-refractivity contribution in [2.45, 2.75) is 70.6 Å². The van der Waals surface area contributed by atoms with Gasteiger partial charge in [-0.15, -0.1) is 0 Å². The topological polar surface area (TPSA) is 30.2 Å². The molecule has 0 bridgehead atoms. The first-order chi connectivity index (χ1) is 9.23. The van der Waals surface area contributed by atoms with Gasteiger partial charge in [-0.1, -0.05) is 32.5 Å². The number of carbonyl (C=O) groups is 1. The third-order valence-electron chi connectivity index (χ3n) is 5.94. The average Bonchev–Trinajstić information content (AvgIpc) is 2.64. The first kappa shape index (κ1) is 14.1. The fourth-order valence-corrected chi connectivity index (χ4v) is 8.51. The monoisotopic (exact) mass is 290 g/mol. The van der Waals surface area contributed by atoms with Gasteiger partial charge in [0.2, 0.25) is 0 Å². The number of hydrogen-bond donors (Lipinski definition) is 0.